The molecule has 0 fully saturated rings. The third-order valence-electron chi connectivity index (χ3n) is 2.07. The van der Waals surface area contributed by atoms with E-state index in [1.165, 1.54) is 5.56 Å². The van der Waals surface area contributed by atoms with E-state index in [0.29, 0.717) is 12.5 Å². The summed E-state index contributed by atoms with van der Waals surface area (Å²) >= 11 is 5.10. The Morgan fingerprint density at radius 3 is 2.79 bits per heavy atom. The van der Waals surface area contributed by atoms with Gasteiger partial charge in [-0.2, -0.15) is 0 Å². The number of hydrogen-bond acceptors (Lipinski definition) is 3. The summed E-state index contributed by atoms with van der Waals surface area (Å²) in [5, 5.41) is 14.9. The molecule has 0 saturated heterocycles. The molecule has 1 unspecified atom stereocenters. The molecule has 0 amide bonds. The Kier molecular flexibility index (Phi) is 5.09. The van der Waals surface area contributed by atoms with Crippen molar-refractivity contribution in [2.45, 2.75) is 26.5 Å². The average molecular weight is 278 g/mol. The standard InChI is InChI=1S/C10H16BrNOS/c1-7(2)9(13)5-12-4-8-3-10(11)14-6-8/h3,6-7,9,12-13H,4-5H2,1-2H3. The van der Waals surface area contributed by atoms with Crippen molar-refractivity contribution in [1.82, 2.24) is 5.32 Å². The van der Waals surface area contributed by atoms with Crippen molar-refractivity contribution in [2.24, 2.45) is 5.92 Å². The maximum atomic E-state index is 9.54. The highest BCUT2D eigenvalue weighted by atomic mass is 79.9. The summed E-state index contributed by atoms with van der Waals surface area (Å²) in [7, 11) is 0. The van der Waals surface area contributed by atoms with E-state index in [1.807, 2.05) is 13.8 Å². The number of aliphatic hydroxyl groups is 1. The Balaban J connectivity index is 2.22. The topological polar surface area (TPSA) is 32.3 Å². The fourth-order valence-corrected chi connectivity index (χ4v) is 2.25. The number of hydrogen-bond donors (Lipinski definition) is 2. The lowest BCUT2D eigenvalue weighted by atomic mass is 10.1. The van der Waals surface area contributed by atoms with Crippen LogP contribution in [-0.4, -0.2) is 17.8 Å². The molecule has 0 spiro atoms. The first kappa shape index (κ1) is 12.2. The monoisotopic (exact) mass is 277 g/mol. The summed E-state index contributed by atoms with van der Waals surface area (Å²) in [5.74, 6) is 0.316. The van der Waals surface area contributed by atoms with Gasteiger partial charge in [-0.1, -0.05) is 13.8 Å². The minimum atomic E-state index is -0.253. The molecule has 2 N–H and O–H groups in total. The highest BCUT2D eigenvalue weighted by molar-refractivity contribution is 9.11. The van der Waals surface area contributed by atoms with E-state index < -0.39 is 0 Å². The first-order chi connectivity index (χ1) is 6.59. The smallest absolute Gasteiger partial charge is 0.0701 e. The molecule has 4 heteroatoms. The van der Waals surface area contributed by atoms with Crippen molar-refractivity contribution in [3.63, 3.8) is 0 Å². The predicted octanol–water partition coefficient (Wildman–Crippen LogP) is 2.62. The number of nitrogens with one attached hydrogen (secondary N) is 1. The second kappa shape index (κ2) is 5.85. The highest BCUT2D eigenvalue weighted by Crippen LogP contribution is 2.20. The molecule has 0 aliphatic carbocycles. The molecule has 0 radical (unpaired) electrons. The summed E-state index contributed by atoms with van der Waals surface area (Å²) in [6.45, 7) is 5.53. The van der Waals surface area contributed by atoms with Crippen LogP contribution in [0.15, 0.2) is 15.2 Å². The molecule has 1 rings (SSSR count). The van der Waals surface area contributed by atoms with E-state index in [4.69, 9.17) is 0 Å². The molecule has 0 bridgehead atoms. The molecule has 0 aliphatic heterocycles. The van der Waals surface area contributed by atoms with Gasteiger partial charge in [0.25, 0.3) is 0 Å². The van der Waals surface area contributed by atoms with Crippen molar-refractivity contribution >= 4 is 27.3 Å². The van der Waals surface area contributed by atoms with E-state index in [2.05, 4.69) is 32.7 Å². The minimum absolute atomic E-state index is 0.253. The summed E-state index contributed by atoms with van der Waals surface area (Å²) in [5.41, 5.74) is 1.26. The van der Waals surface area contributed by atoms with Crippen LogP contribution in [0.4, 0.5) is 0 Å². The number of thiophene rings is 1. The Hall–Kier alpha value is 0.100. The maximum Gasteiger partial charge on any atom is 0.0701 e. The summed E-state index contributed by atoms with van der Waals surface area (Å²) in [6, 6.07) is 2.10. The number of halogens is 1. The molecule has 80 valence electrons. The van der Waals surface area contributed by atoms with Gasteiger partial charge in [0.1, 0.15) is 0 Å². The predicted molar refractivity (Wildman–Crippen MR) is 64.6 cm³/mol. The van der Waals surface area contributed by atoms with Gasteiger partial charge in [0, 0.05) is 13.1 Å². The van der Waals surface area contributed by atoms with E-state index in [0.717, 1.165) is 10.3 Å². The number of rotatable bonds is 5. The average Bonchev–Trinajstić information content (AvgIpc) is 2.51. The quantitative estimate of drug-likeness (QED) is 0.867. The van der Waals surface area contributed by atoms with Crippen LogP contribution in [0.1, 0.15) is 19.4 Å². The molecule has 0 saturated carbocycles. The zero-order chi connectivity index (χ0) is 10.6. The molecule has 1 heterocycles. The van der Waals surface area contributed by atoms with Gasteiger partial charge in [-0.05, 0) is 38.9 Å². The van der Waals surface area contributed by atoms with Gasteiger partial charge < -0.3 is 10.4 Å². The summed E-state index contributed by atoms with van der Waals surface area (Å²) in [4.78, 5) is 0. The summed E-state index contributed by atoms with van der Waals surface area (Å²) < 4.78 is 1.15. The zero-order valence-electron chi connectivity index (χ0n) is 8.46. The molecule has 2 nitrogen and oxygen atoms in total. The van der Waals surface area contributed by atoms with Crippen LogP contribution < -0.4 is 5.32 Å². The van der Waals surface area contributed by atoms with Crippen molar-refractivity contribution in [2.75, 3.05) is 6.54 Å². The van der Waals surface area contributed by atoms with E-state index in [-0.39, 0.29) is 6.10 Å². The third kappa shape index (κ3) is 4.09. The van der Waals surface area contributed by atoms with Crippen molar-refractivity contribution in [1.29, 1.82) is 0 Å². The minimum Gasteiger partial charge on any atom is -0.392 e. The van der Waals surface area contributed by atoms with Crippen LogP contribution >= 0.6 is 27.3 Å². The van der Waals surface area contributed by atoms with Gasteiger partial charge >= 0.3 is 0 Å². The van der Waals surface area contributed by atoms with Gasteiger partial charge in [0.05, 0.1) is 9.89 Å². The normalized spacial score (nSPS) is 13.5. The molecule has 1 atom stereocenters. The van der Waals surface area contributed by atoms with Gasteiger partial charge in [0.2, 0.25) is 0 Å². The SMILES string of the molecule is CC(C)C(O)CNCc1csc(Br)c1. The fraction of sp³-hybridized carbons (Fsp3) is 0.600. The lowest BCUT2D eigenvalue weighted by Gasteiger charge is -2.14. The molecule has 14 heavy (non-hydrogen) atoms. The molecular formula is C10H16BrNOS. The molecule has 1 aromatic rings. The Labute approximate surface area is 97.5 Å². The van der Waals surface area contributed by atoms with Crippen molar-refractivity contribution < 1.29 is 5.11 Å². The second-order valence-electron chi connectivity index (χ2n) is 3.70. The van der Waals surface area contributed by atoms with Crippen LogP contribution in [0, 0.1) is 5.92 Å². The first-order valence-electron chi connectivity index (χ1n) is 4.71. The third-order valence-corrected chi connectivity index (χ3v) is 3.63. The van der Waals surface area contributed by atoms with Crippen LogP contribution in [0.2, 0.25) is 0 Å². The van der Waals surface area contributed by atoms with Gasteiger partial charge in [-0.25, -0.2) is 0 Å². The van der Waals surface area contributed by atoms with Gasteiger partial charge in [-0.3, -0.25) is 0 Å². The largest absolute Gasteiger partial charge is 0.392 e. The zero-order valence-corrected chi connectivity index (χ0v) is 10.9. The lowest BCUT2D eigenvalue weighted by Crippen LogP contribution is -2.30. The van der Waals surface area contributed by atoms with Crippen LogP contribution in [0.5, 0.6) is 0 Å². The molecule has 0 aliphatic rings. The second-order valence-corrected chi connectivity index (χ2v) is 5.99. The van der Waals surface area contributed by atoms with Crippen LogP contribution in [-0.2, 0) is 6.54 Å². The van der Waals surface area contributed by atoms with Crippen LogP contribution in [0.3, 0.4) is 0 Å². The van der Waals surface area contributed by atoms with Gasteiger partial charge in [-0.15, -0.1) is 11.3 Å². The highest BCUT2D eigenvalue weighted by Gasteiger charge is 2.07. The molecule has 1 aromatic heterocycles. The Morgan fingerprint density at radius 1 is 1.57 bits per heavy atom. The van der Waals surface area contributed by atoms with Crippen molar-refractivity contribution in [3.8, 4) is 0 Å². The summed E-state index contributed by atoms with van der Waals surface area (Å²) in [6.07, 6.45) is -0.253. The Bertz CT molecular complexity index is 275. The van der Waals surface area contributed by atoms with Crippen LogP contribution in [0.25, 0.3) is 0 Å². The van der Waals surface area contributed by atoms with E-state index >= 15 is 0 Å². The first-order valence-corrected chi connectivity index (χ1v) is 6.38. The number of aliphatic hydroxyl groups excluding tert-OH is 1. The molecular weight excluding hydrogens is 262 g/mol. The maximum absolute atomic E-state index is 9.54. The van der Waals surface area contributed by atoms with Crippen molar-refractivity contribution in [3.05, 3.63) is 20.8 Å². The van der Waals surface area contributed by atoms with E-state index in [9.17, 15) is 5.11 Å². The van der Waals surface area contributed by atoms with E-state index in [1.54, 1.807) is 11.3 Å². The Morgan fingerprint density at radius 2 is 2.29 bits per heavy atom. The van der Waals surface area contributed by atoms with Gasteiger partial charge in [0.15, 0.2) is 0 Å². The lowest BCUT2D eigenvalue weighted by molar-refractivity contribution is 0.123. The fourth-order valence-electron chi connectivity index (χ4n) is 1.04. The molecule has 0 aromatic carbocycles.